The van der Waals surface area contributed by atoms with Crippen molar-refractivity contribution in [1.29, 1.82) is 0 Å². The van der Waals surface area contributed by atoms with E-state index in [1.54, 1.807) is 0 Å². The zero-order valence-electron chi connectivity index (χ0n) is 10.4. The molecule has 0 aromatic heterocycles. The van der Waals surface area contributed by atoms with Crippen LogP contribution in [0.3, 0.4) is 0 Å². The predicted molar refractivity (Wildman–Crippen MR) is 63.9 cm³/mol. The van der Waals surface area contributed by atoms with E-state index >= 15 is 0 Å². The summed E-state index contributed by atoms with van der Waals surface area (Å²) >= 11 is 0. The Kier molecular flexibility index (Phi) is 6.30. The standard InChI is InChI=1S/C13H24O2/c1-11(10-13(2,3)4)8-6-5-7-9-12(14)15/h5-6,11H,7-10H2,1-4H3,(H,14,15). The van der Waals surface area contributed by atoms with E-state index in [9.17, 15) is 4.79 Å². The highest BCUT2D eigenvalue weighted by atomic mass is 16.4. The molecule has 0 saturated carbocycles. The number of hydrogen-bond donors (Lipinski definition) is 1. The van der Waals surface area contributed by atoms with Crippen LogP contribution in [0.15, 0.2) is 12.2 Å². The Labute approximate surface area is 93.4 Å². The summed E-state index contributed by atoms with van der Waals surface area (Å²) in [4.78, 5) is 10.3. The lowest BCUT2D eigenvalue weighted by atomic mass is 9.84. The molecular formula is C13H24O2. The van der Waals surface area contributed by atoms with Crippen LogP contribution in [0.2, 0.25) is 0 Å². The van der Waals surface area contributed by atoms with Gasteiger partial charge in [0.25, 0.3) is 0 Å². The Morgan fingerprint density at radius 3 is 2.40 bits per heavy atom. The topological polar surface area (TPSA) is 37.3 Å². The minimum Gasteiger partial charge on any atom is -0.481 e. The maximum atomic E-state index is 10.3. The van der Waals surface area contributed by atoms with Crippen LogP contribution in [-0.2, 0) is 4.79 Å². The summed E-state index contributed by atoms with van der Waals surface area (Å²) in [6.45, 7) is 8.99. The largest absolute Gasteiger partial charge is 0.481 e. The van der Waals surface area contributed by atoms with Crippen molar-refractivity contribution in [2.45, 2.75) is 53.4 Å². The van der Waals surface area contributed by atoms with Crippen molar-refractivity contribution in [1.82, 2.24) is 0 Å². The zero-order valence-corrected chi connectivity index (χ0v) is 10.4. The van der Waals surface area contributed by atoms with Crippen LogP contribution in [0.5, 0.6) is 0 Å². The summed E-state index contributed by atoms with van der Waals surface area (Å²) < 4.78 is 0. The van der Waals surface area contributed by atoms with Gasteiger partial charge in [0.2, 0.25) is 0 Å². The average molecular weight is 212 g/mol. The molecule has 0 aromatic carbocycles. The van der Waals surface area contributed by atoms with Crippen molar-refractivity contribution in [3.63, 3.8) is 0 Å². The molecule has 2 heteroatoms. The van der Waals surface area contributed by atoms with Crippen molar-refractivity contribution in [3.8, 4) is 0 Å². The first-order valence-electron chi connectivity index (χ1n) is 5.68. The van der Waals surface area contributed by atoms with Crippen molar-refractivity contribution in [2.75, 3.05) is 0 Å². The molecule has 0 saturated heterocycles. The smallest absolute Gasteiger partial charge is 0.303 e. The molecule has 1 N–H and O–H groups in total. The van der Waals surface area contributed by atoms with Crippen molar-refractivity contribution in [2.24, 2.45) is 11.3 Å². The lowest BCUT2D eigenvalue weighted by Gasteiger charge is -2.22. The summed E-state index contributed by atoms with van der Waals surface area (Å²) in [7, 11) is 0. The molecule has 0 rings (SSSR count). The predicted octanol–water partition coefficient (Wildman–Crippen LogP) is 3.87. The van der Waals surface area contributed by atoms with Gasteiger partial charge in [0.15, 0.2) is 0 Å². The molecule has 0 fully saturated rings. The van der Waals surface area contributed by atoms with Crippen LogP contribution in [0.4, 0.5) is 0 Å². The van der Waals surface area contributed by atoms with E-state index in [1.165, 1.54) is 6.42 Å². The van der Waals surface area contributed by atoms with E-state index in [0.29, 0.717) is 17.8 Å². The van der Waals surface area contributed by atoms with E-state index in [2.05, 4.69) is 33.8 Å². The number of aliphatic carboxylic acids is 1. The quantitative estimate of drug-likeness (QED) is 0.679. The Bertz CT molecular complexity index is 211. The van der Waals surface area contributed by atoms with Crippen LogP contribution >= 0.6 is 0 Å². The van der Waals surface area contributed by atoms with Crippen LogP contribution in [0.1, 0.15) is 53.4 Å². The highest BCUT2D eigenvalue weighted by molar-refractivity contribution is 5.66. The second-order valence-corrected chi connectivity index (χ2v) is 5.51. The summed E-state index contributed by atoms with van der Waals surface area (Å²) in [5.74, 6) is -0.0477. The van der Waals surface area contributed by atoms with Crippen molar-refractivity contribution in [3.05, 3.63) is 12.2 Å². The number of carboxylic acid groups (broad SMARTS) is 1. The Hall–Kier alpha value is -0.790. The molecule has 1 unspecified atom stereocenters. The molecule has 15 heavy (non-hydrogen) atoms. The SMILES string of the molecule is CC(CC=CCCC(=O)O)CC(C)(C)C. The summed E-state index contributed by atoms with van der Waals surface area (Å²) in [5, 5.41) is 8.44. The number of carbonyl (C=O) groups is 1. The number of carboxylic acids is 1. The lowest BCUT2D eigenvalue weighted by Crippen LogP contribution is -2.10. The molecule has 0 aromatic rings. The van der Waals surface area contributed by atoms with Gasteiger partial charge in [-0.1, -0.05) is 39.8 Å². The number of rotatable bonds is 6. The first kappa shape index (κ1) is 14.2. The molecule has 2 nitrogen and oxygen atoms in total. The molecule has 0 aliphatic rings. The molecule has 0 aliphatic carbocycles. The van der Waals surface area contributed by atoms with Gasteiger partial charge >= 0.3 is 5.97 Å². The molecule has 1 atom stereocenters. The van der Waals surface area contributed by atoms with Crippen molar-refractivity contribution >= 4 is 5.97 Å². The zero-order chi connectivity index (χ0) is 11.9. The fourth-order valence-corrected chi connectivity index (χ4v) is 1.78. The van der Waals surface area contributed by atoms with E-state index < -0.39 is 5.97 Å². The van der Waals surface area contributed by atoms with E-state index in [4.69, 9.17) is 5.11 Å². The van der Waals surface area contributed by atoms with E-state index in [1.807, 2.05) is 6.08 Å². The number of hydrogen-bond acceptors (Lipinski definition) is 1. The van der Waals surface area contributed by atoms with Gasteiger partial charge in [-0.05, 0) is 30.6 Å². The summed E-state index contributed by atoms with van der Waals surface area (Å²) in [5.41, 5.74) is 0.383. The van der Waals surface area contributed by atoms with Crippen LogP contribution in [-0.4, -0.2) is 11.1 Å². The Balaban J connectivity index is 3.62. The molecule has 0 spiro atoms. The minimum atomic E-state index is -0.720. The van der Waals surface area contributed by atoms with E-state index in [-0.39, 0.29) is 6.42 Å². The maximum absolute atomic E-state index is 10.3. The third-order valence-corrected chi connectivity index (χ3v) is 2.19. The molecule has 0 aliphatic heterocycles. The number of allylic oxidation sites excluding steroid dienone is 2. The summed E-state index contributed by atoms with van der Waals surface area (Å²) in [6.07, 6.45) is 7.24. The van der Waals surface area contributed by atoms with E-state index in [0.717, 1.165) is 6.42 Å². The summed E-state index contributed by atoms with van der Waals surface area (Å²) in [6, 6.07) is 0. The third-order valence-electron chi connectivity index (χ3n) is 2.19. The average Bonchev–Trinajstić information content (AvgIpc) is 1.99. The maximum Gasteiger partial charge on any atom is 0.303 e. The minimum absolute atomic E-state index is 0.240. The first-order chi connectivity index (χ1) is 6.81. The van der Waals surface area contributed by atoms with Gasteiger partial charge < -0.3 is 5.11 Å². The van der Waals surface area contributed by atoms with Gasteiger partial charge in [0.05, 0.1) is 0 Å². The lowest BCUT2D eigenvalue weighted by molar-refractivity contribution is -0.136. The highest BCUT2D eigenvalue weighted by Gasteiger charge is 2.13. The first-order valence-corrected chi connectivity index (χ1v) is 5.68. The van der Waals surface area contributed by atoms with Crippen LogP contribution < -0.4 is 0 Å². The highest BCUT2D eigenvalue weighted by Crippen LogP contribution is 2.26. The van der Waals surface area contributed by atoms with Crippen LogP contribution in [0, 0.1) is 11.3 Å². The molecule has 88 valence electrons. The Morgan fingerprint density at radius 2 is 1.93 bits per heavy atom. The van der Waals surface area contributed by atoms with Gasteiger partial charge in [-0.2, -0.15) is 0 Å². The monoisotopic (exact) mass is 212 g/mol. The Morgan fingerprint density at radius 1 is 1.33 bits per heavy atom. The molecule has 0 bridgehead atoms. The van der Waals surface area contributed by atoms with Gasteiger partial charge in [0, 0.05) is 6.42 Å². The normalized spacial score (nSPS) is 14.4. The second kappa shape index (κ2) is 6.65. The second-order valence-electron chi connectivity index (χ2n) is 5.51. The third kappa shape index (κ3) is 11.1. The van der Waals surface area contributed by atoms with Crippen LogP contribution in [0.25, 0.3) is 0 Å². The molecule has 0 amide bonds. The molecular weight excluding hydrogens is 188 g/mol. The van der Waals surface area contributed by atoms with Gasteiger partial charge in [0.1, 0.15) is 0 Å². The van der Waals surface area contributed by atoms with Crippen molar-refractivity contribution < 1.29 is 9.90 Å². The van der Waals surface area contributed by atoms with Gasteiger partial charge in [-0.3, -0.25) is 4.79 Å². The fourth-order valence-electron chi connectivity index (χ4n) is 1.78. The van der Waals surface area contributed by atoms with Gasteiger partial charge in [-0.15, -0.1) is 0 Å². The van der Waals surface area contributed by atoms with Gasteiger partial charge in [-0.25, -0.2) is 0 Å². The molecule has 0 radical (unpaired) electrons. The molecule has 0 heterocycles. The fraction of sp³-hybridized carbons (Fsp3) is 0.769.